The quantitative estimate of drug-likeness (QED) is 0.175. The van der Waals surface area contributed by atoms with Crippen LogP contribution in [0.25, 0.3) is 45.0 Å². The molecule has 0 N–H and O–H groups in total. The van der Waals surface area contributed by atoms with Crippen molar-refractivity contribution in [3.8, 4) is 45.0 Å². The van der Waals surface area contributed by atoms with E-state index in [1.807, 2.05) is 72.8 Å². The average Bonchev–Trinajstić information content (AvgIpc) is 3.21. The zero-order valence-corrected chi connectivity index (χ0v) is 28.8. The number of fused-ring (bicyclic) bond motifs is 2. The van der Waals surface area contributed by atoms with E-state index in [1.54, 1.807) is 0 Å². The Bertz CT molecular complexity index is 2190. The highest BCUT2D eigenvalue weighted by atomic mass is 15.4. The van der Waals surface area contributed by atoms with Crippen LogP contribution in [0.2, 0.25) is 0 Å². The summed E-state index contributed by atoms with van der Waals surface area (Å²) in [5, 5.41) is 0. The second-order valence-corrected chi connectivity index (χ2v) is 12.9. The van der Waals surface area contributed by atoms with Gasteiger partial charge in [0.15, 0.2) is 23.3 Å². The first-order valence-corrected chi connectivity index (χ1v) is 17.4. The van der Waals surface area contributed by atoms with Gasteiger partial charge >= 0.3 is 0 Å². The third-order valence-electron chi connectivity index (χ3n) is 9.34. The van der Waals surface area contributed by atoms with Crippen molar-refractivity contribution in [3.63, 3.8) is 0 Å². The van der Waals surface area contributed by atoms with Crippen LogP contribution in [0.15, 0.2) is 170 Å². The molecule has 6 aromatic carbocycles. The van der Waals surface area contributed by atoms with Crippen LogP contribution in [-0.4, -0.2) is 19.9 Å². The summed E-state index contributed by atoms with van der Waals surface area (Å²) in [6.45, 7) is 4.19. The van der Waals surface area contributed by atoms with Crippen molar-refractivity contribution < 1.29 is 0 Å². The summed E-state index contributed by atoms with van der Waals surface area (Å²) in [5.74, 6) is 2.65. The van der Waals surface area contributed by atoms with Crippen LogP contribution in [0.5, 0.6) is 0 Å². The van der Waals surface area contributed by atoms with E-state index in [9.17, 15) is 0 Å². The van der Waals surface area contributed by atoms with Crippen LogP contribution in [0.4, 0.5) is 34.6 Å². The molecular formula is C46H34N6. The maximum Gasteiger partial charge on any atom is 0.183 e. The molecular weight excluding hydrogens is 637 g/mol. The molecule has 0 bridgehead atoms. The molecule has 0 aliphatic carbocycles. The minimum absolute atomic E-state index is 0.663. The molecule has 0 radical (unpaired) electrons. The summed E-state index contributed by atoms with van der Waals surface area (Å²) >= 11 is 0. The van der Waals surface area contributed by atoms with E-state index in [4.69, 9.17) is 19.9 Å². The maximum absolute atomic E-state index is 5.57. The molecule has 2 aromatic heterocycles. The van der Waals surface area contributed by atoms with Crippen molar-refractivity contribution >= 4 is 34.6 Å². The molecule has 0 saturated carbocycles. The molecule has 3 heterocycles. The summed E-state index contributed by atoms with van der Waals surface area (Å²) in [6.07, 6.45) is 0. The van der Waals surface area contributed by atoms with E-state index in [0.717, 1.165) is 67.5 Å². The van der Waals surface area contributed by atoms with E-state index in [2.05, 4.69) is 121 Å². The van der Waals surface area contributed by atoms with Gasteiger partial charge in [-0.15, -0.1) is 0 Å². The van der Waals surface area contributed by atoms with Gasteiger partial charge in [-0.3, -0.25) is 9.80 Å². The Balaban J connectivity index is 1.42. The van der Waals surface area contributed by atoms with Crippen molar-refractivity contribution in [2.24, 2.45) is 0 Å². The maximum atomic E-state index is 5.57. The highest BCUT2D eigenvalue weighted by Gasteiger charge is 2.38. The third kappa shape index (κ3) is 5.56. The van der Waals surface area contributed by atoms with Crippen LogP contribution in [-0.2, 0) is 0 Å². The van der Waals surface area contributed by atoms with E-state index < -0.39 is 0 Å². The molecule has 0 saturated heterocycles. The summed E-state index contributed by atoms with van der Waals surface area (Å²) in [5.41, 5.74) is 11.2. The number of rotatable bonds is 6. The first-order chi connectivity index (χ1) is 25.6. The standard InChI is InChI=1S/C46H34N6/c1-31-23-27-37(28-24-31)51-43-45(49-41(35-19-11-5-12-20-35)39(47-43)33-15-7-3-8-16-33)52(38-29-25-32(2)26-30-38)46-44(51)48-40(34-17-9-4-10-18-34)42(50-46)36-21-13-6-14-22-36/h3-30H,1-2H3. The van der Waals surface area contributed by atoms with Gasteiger partial charge in [0.05, 0.1) is 22.8 Å². The minimum atomic E-state index is 0.663. The van der Waals surface area contributed by atoms with Gasteiger partial charge in [0, 0.05) is 33.6 Å². The Morgan fingerprint density at radius 3 is 0.750 bits per heavy atom. The SMILES string of the molecule is Cc1ccc(N2c3nc(-c4ccccc4)c(-c4ccccc4)nc3N(c3ccc(C)cc3)c3nc(-c4ccccc4)c(-c4ccccc4)nc32)cc1. The lowest BCUT2D eigenvalue weighted by molar-refractivity contribution is 0.997. The number of anilines is 6. The number of hydrogen-bond acceptors (Lipinski definition) is 6. The fourth-order valence-corrected chi connectivity index (χ4v) is 6.70. The largest absolute Gasteiger partial charge is 0.273 e. The zero-order valence-electron chi connectivity index (χ0n) is 28.8. The van der Waals surface area contributed by atoms with E-state index >= 15 is 0 Å². The molecule has 0 spiro atoms. The topological polar surface area (TPSA) is 58.0 Å². The lowest BCUT2D eigenvalue weighted by Crippen LogP contribution is -2.29. The van der Waals surface area contributed by atoms with Crippen molar-refractivity contribution in [3.05, 3.63) is 181 Å². The number of nitrogens with zero attached hydrogens (tertiary/aromatic N) is 6. The molecule has 6 nitrogen and oxygen atoms in total. The monoisotopic (exact) mass is 670 g/mol. The highest BCUT2D eigenvalue weighted by Crippen LogP contribution is 2.54. The molecule has 0 unspecified atom stereocenters. The predicted octanol–water partition coefficient (Wildman–Crippen LogP) is 11.8. The van der Waals surface area contributed by atoms with Crippen molar-refractivity contribution in [1.82, 2.24) is 19.9 Å². The van der Waals surface area contributed by atoms with Crippen LogP contribution >= 0.6 is 0 Å². The molecule has 9 rings (SSSR count). The van der Waals surface area contributed by atoms with Gasteiger partial charge in [0.1, 0.15) is 0 Å². The zero-order chi connectivity index (χ0) is 35.0. The Kier molecular flexibility index (Phi) is 7.82. The van der Waals surface area contributed by atoms with Crippen molar-refractivity contribution in [2.45, 2.75) is 13.8 Å². The van der Waals surface area contributed by atoms with Gasteiger partial charge in [0.25, 0.3) is 0 Å². The number of hydrogen-bond donors (Lipinski definition) is 0. The normalized spacial score (nSPS) is 12.0. The van der Waals surface area contributed by atoms with E-state index in [-0.39, 0.29) is 0 Å². The Labute approximate surface area is 303 Å². The number of aromatic nitrogens is 4. The molecule has 8 aromatic rings. The molecule has 0 atom stereocenters. The Morgan fingerprint density at radius 2 is 0.519 bits per heavy atom. The fourth-order valence-electron chi connectivity index (χ4n) is 6.70. The van der Waals surface area contributed by atoms with Crippen molar-refractivity contribution in [1.29, 1.82) is 0 Å². The van der Waals surface area contributed by atoms with E-state index in [0.29, 0.717) is 23.3 Å². The van der Waals surface area contributed by atoms with Gasteiger partial charge in [-0.1, -0.05) is 157 Å². The van der Waals surface area contributed by atoms with Crippen LogP contribution < -0.4 is 9.80 Å². The molecule has 0 fully saturated rings. The first kappa shape index (κ1) is 31.1. The summed E-state index contributed by atoms with van der Waals surface area (Å²) in [4.78, 5) is 26.5. The summed E-state index contributed by atoms with van der Waals surface area (Å²) in [7, 11) is 0. The predicted molar refractivity (Wildman–Crippen MR) is 212 cm³/mol. The lowest BCUT2D eigenvalue weighted by atomic mass is 10.0. The smallest absolute Gasteiger partial charge is 0.183 e. The Morgan fingerprint density at radius 1 is 0.288 bits per heavy atom. The second kappa shape index (κ2) is 13.1. The lowest BCUT2D eigenvalue weighted by Gasteiger charge is -2.38. The van der Waals surface area contributed by atoms with E-state index in [1.165, 1.54) is 0 Å². The Hall–Kier alpha value is -6.92. The van der Waals surface area contributed by atoms with Crippen LogP contribution in [0.3, 0.4) is 0 Å². The van der Waals surface area contributed by atoms with Gasteiger partial charge in [-0.2, -0.15) is 0 Å². The molecule has 6 heteroatoms. The first-order valence-electron chi connectivity index (χ1n) is 17.4. The highest BCUT2D eigenvalue weighted by molar-refractivity contribution is 5.99. The summed E-state index contributed by atoms with van der Waals surface area (Å²) < 4.78 is 0. The minimum Gasteiger partial charge on any atom is -0.273 e. The molecule has 52 heavy (non-hydrogen) atoms. The third-order valence-corrected chi connectivity index (χ3v) is 9.34. The molecule has 0 amide bonds. The number of aryl methyl sites for hydroxylation is 2. The van der Waals surface area contributed by atoms with Gasteiger partial charge in [-0.05, 0) is 38.1 Å². The number of benzene rings is 6. The van der Waals surface area contributed by atoms with Gasteiger partial charge in [-0.25, -0.2) is 19.9 Å². The van der Waals surface area contributed by atoms with Crippen LogP contribution in [0.1, 0.15) is 11.1 Å². The van der Waals surface area contributed by atoms with Gasteiger partial charge in [0.2, 0.25) is 0 Å². The van der Waals surface area contributed by atoms with Crippen molar-refractivity contribution in [2.75, 3.05) is 9.80 Å². The second-order valence-electron chi connectivity index (χ2n) is 12.9. The van der Waals surface area contributed by atoms with Crippen LogP contribution in [0, 0.1) is 13.8 Å². The average molecular weight is 671 g/mol. The summed E-state index contributed by atoms with van der Waals surface area (Å²) in [6, 6.07) is 58.1. The molecule has 248 valence electrons. The molecule has 1 aliphatic rings. The fraction of sp³-hybridized carbons (Fsp3) is 0.0435. The van der Waals surface area contributed by atoms with Gasteiger partial charge < -0.3 is 0 Å². The molecule has 1 aliphatic heterocycles.